The van der Waals surface area contributed by atoms with Gasteiger partial charge in [0.05, 0.1) is 13.7 Å². The fraction of sp³-hybridized carbons (Fsp3) is 0.684. The molecule has 0 radical (unpaired) electrons. The molecule has 1 aromatic carbocycles. The summed E-state index contributed by atoms with van der Waals surface area (Å²) in [5.74, 6) is 1.71. The van der Waals surface area contributed by atoms with Gasteiger partial charge in [-0.2, -0.15) is 0 Å². The molecule has 1 N–H and O–H groups in total. The van der Waals surface area contributed by atoms with Crippen LogP contribution in [0.25, 0.3) is 0 Å². The molecule has 0 unspecified atom stereocenters. The highest BCUT2D eigenvalue weighted by Gasteiger charge is 2.38. The Hall–Kier alpha value is -0.970. The quantitative estimate of drug-likeness (QED) is 0.848. The lowest BCUT2D eigenvalue weighted by atomic mass is 9.78. The average molecular weight is 355 g/mol. The van der Waals surface area contributed by atoms with Gasteiger partial charge in [-0.25, -0.2) is 0 Å². The summed E-state index contributed by atoms with van der Waals surface area (Å²) >= 11 is 0. The summed E-state index contributed by atoms with van der Waals surface area (Å²) in [5.41, 5.74) is 1.89. The summed E-state index contributed by atoms with van der Waals surface area (Å²) in [7, 11) is 1.72. The molecule has 0 saturated carbocycles. The van der Waals surface area contributed by atoms with Gasteiger partial charge in [-0.15, -0.1) is 12.4 Å². The predicted molar refractivity (Wildman–Crippen MR) is 100 cm³/mol. The van der Waals surface area contributed by atoms with Crippen molar-refractivity contribution in [2.45, 2.75) is 39.2 Å². The lowest BCUT2D eigenvalue weighted by molar-refractivity contribution is 0.194. The number of likely N-dealkylation sites (tertiary alicyclic amines) is 1. The zero-order valence-electron chi connectivity index (χ0n) is 15.0. The van der Waals surface area contributed by atoms with E-state index in [9.17, 15) is 0 Å². The van der Waals surface area contributed by atoms with Crippen molar-refractivity contribution in [3.05, 3.63) is 23.8 Å². The first kappa shape index (κ1) is 19.4. The summed E-state index contributed by atoms with van der Waals surface area (Å²) < 4.78 is 11.3. The van der Waals surface area contributed by atoms with Crippen molar-refractivity contribution in [2.24, 2.45) is 5.41 Å². The predicted octanol–water partition coefficient (Wildman–Crippen LogP) is 3.48. The lowest BCUT2D eigenvalue weighted by Gasteiger charge is -2.34. The molecule has 2 heterocycles. The van der Waals surface area contributed by atoms with Crippen LogP contribution in [0.3, 0.4) is 0 Å². The Labute approximate surface area is 152 Å². The van der Waals surface area contributed by atoms with Crippen LogP contribution in [0.15, 0.2) is 18.2 Å². The van der Waals surface area contributed by atoms with E-state index in [4.69, 9.17) is 9.47 Å². The molecule has 0 aromatic heterocycles. The smallest absolute Gasteiger partial charge is 0.161 e. The van der Waals surface area contributed by atoms with E-state index in [0.29, 0.717) is 5.41 Å². The molecule has 0 atom stereocenters. The molecule has 2 aliphatic rings. The molecule has 24 heavy (non-hydrogen) atoms. The molecule has 1 aromatic rings. The van der Waals surface area contributed by atoms with Gasteiger partial charge in [0, 0.05) is 13.1 Å². The van der Waals surface area contributed by atoms with Crippen molar-refractivity contribution in [1.82, 2.24) is 10.2 Å². The van der Waals surface area contributed by atoms with Gasteiger partial charge in [-0.1, -0.05) is 13.0 Å². The third-order valence-electron chi connectivity index (χ3n) is 5.28. The molecule has 2 saturated heterocycles. The van der Waals surface area contributed by atoms with Gasteiger partial charge in [0.25, 0.3) is 0 Å². The summed E-state index contributed by atoms with van der Waals surface area (Å²) in [4.78, 5) is 2.60. The fourth-order valence-electron chi connectivity index (χ4n) is 3.93. The fourth-order valence-corrected chi connectivity index (χ4v) is 3.93. The van der Waals surface area contributed by atoms with Crippen molar-refractivity contribution in [3.8, 4) is 11.5 Å². The number of methoxy groups -OCH3 is 1. The van der Waals surface area contributed by atoms with Crippen LogP contribution in [-0.4, -0.2) is 44.8 Å². The highest BCUT2D eigenvalue weighted by Crippen LogP contribution is 2.39. The van der Waals surface area contributed by atoms with Crippen LogP contribution in [0, 0.1) is 5.41 Å². The van der Waals surface area contributed by atoms with Gasteiger partial charge in [-0.05, 0) is 68.4 Å². The maximum Gasteiger partial charge on any atom is 0.161 e. The van der Waals surface area contributed by atoms with E-state index in [1.165, 1.54) is 51.0 Å². The first-order chi connectivity index (χ1) is 11.2. The zero-order valence-corrected chi connectivity index (χ0v) is 15.8. The second-order valence-electron chi connectivity index (χ2n) is 7.04. The maximum absolute atomic E-state index is 5.75. The molecular weight excluding hydrogens is 324 g/mol. The molecule has 2 fully saturated rings. The summed E-state index contributed by atoms with van der Waals surface area (Å²) in [6, 6.07) is 6.37. The molecule has 0 amide bonds. The van der Waals surface area contributed by atoms with Crippen LogP contribution in [0.1, 0.15) is 38.2 Å². The minimum atomic E-state index is 0. The Morgan fingerprint density at radius 3 is 2.67 bits per heavy atom. The third kappa shape index (κ3) is 4.56. The summed E-state index contributed by atoms with van der Waals surface area (Å²) in [6.45, 7) is 8.69. The van der Waals surface area contributed by atoms with Crippen LogP contribution in [0.5, 0.6) is 11.5 Å². The van der Waals surface area contributed by atoms with Gasteiger partial charge < -0.3 is 14.8 Å². The molecule has 5 heteroatoms. The minimum Gasteiger partial charge on any atom is -0.493 e. The number of hydrogen-bond donors (Lipinski definition) is 1. The Kier molecular flexibility index (Phi) is 7.20. The first-order valence-corrected chi connectivity index (χ1v) is 8.97. The summed E-state index contributed by atoms with van der Waals surface area (Å²) in [5, 5.41) is 3.49. The number of piperidine rings is 1. The Bertz CT molecular complexity index is 518. The number of rotatable bonds is 6. The van der Waals surface area contributed by atoms with Gasteiger partial charge >= 0.3 is 0 Å². The van der Waals surface area contributed by atoms with Crippen molar-refractivity contribution in [1.29, 1.82) is 0 Å². The van der Waals surface area contributed by atoms with Gasteiger partial charge in [-0.3, -0.25) is 4.90 Å². The molecule has 2 aliphatic heterocycles. The van der Waals surface area contributed by atoms with E-state index in [1.54, 1.807) is 7.11 Å². The molecule has 0 aliphatic carbocycles. The van der Waals surface area contributed by atoms with E-state index in [1.807, 2.05) is 0 Å². The lowest BCUT2D eigenvalue weighted by Crippen LogP contribution is -2.38. The second-order valence-corrected chi connectivity index (χ2v) is 7.04. The SMILES string of the molecule is CCCOc1ccc(CN2CCC3(CCNCC3)C2)cc1OC.Cl. The highest BCUT2D eigenvalue weighted by atomic mass is 35.5. The molecule has 0 bridgehead atoms. The van der Waals surface area contributed by atoms with Gasteiger partial charge in [0.1, 0.15) is 0 Å². The van der Waals surface area contributed by atoms with Crippen molar-refractivity contribution >= 4 is 12.4 Å². The molecular formula is C19H31ClN2O2. The standard InChI is InChI=1S/C19H30N2O2.ClH/c1-3-12-23-17-5-4-16(13-18(17)22-2)14-21-11-8-19(15-21)6-9-20-10-7-19;/h4-5,13,20H,3,6-12,14-15H2,1-2H3;1H. The van der Waals surface area contributed by atoms with E-state index in [2.05, 4.69) is 35.3 Å². The van der Waals surface area contributed by atoms with E-state index in [0.717, 1.165) is 31.1 Å². The number of hydrogen-bond acceptors (Lipinski definition) is 4. The van der Waals surface area contributed by atoms with Crippen LogP contribution in [-0.2, 0) is 6.54 Å². The second kappa shape index (κ2) is 8.93. The number of benzene rings is 1. The summed E-state index contributed by atoms with van der Waals surface area (Å²) in [6.07, 6.45) is 5.02. The van der Waals surface area contributed by atoms with E-state index in [-0.39, 0.29) is 12.4 Å². The van der Waals surface area contributed by atoms with Crippen molar-refractivity contribution in [2.75, 3.05) is 39.9 Å². The molecule has 1 spiro atoms. The molecule has 136 valence electrons. The van der Waals surface area contributed by atoms with Crippen molar-refractivity contribution < 1.29 is 9.47 Å². The third-order valence-corrected chi connectivity index (χ3v) is 5.28. The minimum absolute atomic E-state index is 0. The average Bonchev–Trinajstić information content (AvgIpc) is 2.96. The number of ether oxygens (including phenoxy) is 2. The number of nitrogens with one attached hydrogen (secondary N) is 1. The van der Waals surface area contributed by atoms with Crippen LogP contribution in [0.2, 0.25) is 0 Å². The Morgan fingerprint density at radius 1 is 1.17 bits per heavy atom. The van der Waals surface area contributed by atoms with Crippen LogP contribution in [0.4, 0.5) is 0 Å². The Morgan fingerprint density at radius 2 is 1.96 bits per heavy atom. The van der Waals surface area contributed by atoms with E-state index < -0.39 is 0 Å². The first-order valence-electron chi connectivity index (χ1n) is 8.97. The van der Waals surface area contributed by atoms with Gasteiger partial charge in [0.15, 0.2) is 11.5 Å². The van der Waals surface area contributed by atoms with Crippen molar-refractivity contribution in [3.63, 3.8) is 0 Å². The largest absolute Gasteiger partial charge is 0.493 e. The zero-order chi connectivity index (χ0) is 16.1. The van der Waals surface area contributed by atoms with E-state index >= 15 is 0 Å². The maximum atomic E-state index is 5.75. The molecule has 3 rings (SSSR count). The number of nitrogens with zero attached hydrogens (tertiary/aromatic N) is 1. The highest BCUT2D eigenvalue weighted by molar-refractivity contribution is 5.85. The van der Waals surface area contributed by atoms with Crippen LogP contribution >= 0.6 is 12.4 Å². The molecule has 4 nitrogen and oxygen atoms in total. The van der Waals surface area contributed by atoms with Gasteiger partial charge in [0.2, 0.25) is 0 Å². The topological polar surface area (TPSA) is 33.7 Å². The van der Waals surface area contributed by atoms with Crippen LogP contribution < -0.4 is 14.8 Å². The normalized spacial score (nSPS) is 19.9. The monoisotopic (exact) mass is 354 g/mol. The number of halogens is 1. The Balaban J connectivity index is 0.00000208.